The Labute approximate surface area is 243 Å². The summed E-state index contributed by atoms with van der Waals surface area (Å²) in [5, 5.41) is 22.8. The predicted octanol–water partition coefficient (Wildman–Crippen LogP) is 4.72. The molecule has 0 aromatic carbocycles. The third kappa shape index (κ3) is 8.30. The van der Waals surface area contributed by atoms with E-state index in [1.165, 1.54) is 110 Å². The highest BCUT2D eigenvalue weighted by atomic mass is 32.2. The Morgan fingerprint density at radius 2 is 1.49 bits per heavy atom. The van der Waals surface area contributed by atoms with Crippen molar-refractivity contribution in [2.45, 2.75) is 115 Å². The lowest BCUT2D eigenvalue weighted by Crippen LogP contribution is -2.67. The number of hydrogen-bond acceptors (Lipinski definition) is 7. The van der Waals surface area contributed by atoms with Crippen LogP contribution in [0.15, 0.2) is 17.5 Å². The lowest BCUT2D eigenvalue weighted by molar-refractivity contribution is -0.929. The lowest BCUT2D eigenvalue weighted by atomic mass is 9.86. The SMILES string of the molecule is CC1(C)S[C@@H]2[C@H]([C@H](O)C(=O)c3cccs3)C(=O)N2[C@H]1C(=O)[O-].CCCC[N+](CCCC)(CCCC)CCCC. The number of nitrogens with zero attached hydrogens (tertiary/aromatic N) is 2. The van der Waals surface area contributed by atoms with Gasteiger partial charge in [-0.05, 0) is 51.0 Å². The van der Waals surface area contributed by atoms with Gasteiger partial charge in [-0.15, -0.1) is 23.1 Å². The largest absolute Gasteiger partial charge is 0.548 e. The number of rotatable bonds is 16. The van der Waals surface area contributed by atoms with Crippen molar-refractivity contribution < 1.29 is 29.1 Å². The number of aliphatic hydroxyl groups is 1. The topological polar surface area (TPSA) is 97.7 Å². The first-order chi connectivity index (χ1) is 18.5. The number of amides is 1. The molecule has 1 N–H and O–H groups in total. The Morgan fingerprint density at radius 3 is 1.87 bits per heavy atom. The molecule has 2 aliphatic heterocycles. The number of carbonyl (C=O) groups excluding carboxylic acids is 3. The molecule has 0 aliphatic carbocycles. The maximum Gasteiger partial charge on any atom is 0.233 e. The van der Waals surface area contributed by atoms with Gasteiger partial charge in [0.1, 0.15) is 12.0 Å². The van der Waals surface area contributed by atoms with Crippen LogP contribution in [-0.4, -0.2) is 80.6 Å². The summed E-state index contributed by atoms with van der Waals surface area (Å²) in [6, 6.07) is 2.24. The Hall–Kier alpha value is -1.42. The molecule has 0 saturated carbocycles. The average molecular weight is 583 g/mol. The van der Waals surface area contributed by atoms with Gasteiger partial charge < -0.3 is 24.4 Å². The van der Waals surface area contributed by atoms with E-state index in [-0.39, 0.29) is 0 Å². The third-order valence-corrected chi connectivity index (χ3v) is 10.5. The van der Waals surface area contributed by atoms with Gasteiger partial charge in [-0.1, -0.05) is 59.4 Å². The van der Waals surface area contributed by atoms with Crippen LogP contribution >= 0.6 is 23.1 Å². The molecule has 2 saturated heterocycles. The molecule has 4 atom stereocenters. The van der Waals surface area contributed by atoms with E-state index < -0.39 is 45.8 Å². The highest BCUT2D eigenvalue weighted by Crippen LogP contribution is 2.54. The number of hydrogen-bond donors (Lipinski definition) is 1. The first-order valence-corrected chi connectivity index (χ1v) is 16.6. The summed E-state index contributed by atoms with van der Waals surface area (Å²) < 4.78 is 0.697. The molecule has 0 unspecified atom stereocenters. The normalized spacial score (nSPS) is 22.5. The number of aliphatic carboxylic acids is 1. The second kappa shape index (κ2) is 15.5. The zero-order valence-electron chi connectivity index (χ0n) is 24.8. The van der Waals surface area contributed by atoms with Gasteiger partial charge in [0.05, 0.1) is 48.4 Å². The van der Waals surface area contributed by atoms with E-state index in [4.69, 9.17) is 0 Å². The summed E-state index contributed by atoms with van der Waals surface area (Å²) in [5.74, 6) is -3.22. The van der Waals surface area contributed by atoms with Crippen LogP contribution in [-0.2, 0) is 9.59 Å². The minimum Gasteiger partial charge on any atom is -0.548 e. The summed E-state index contributed by atoms with van der Waals surface area (Å²) in [5.41, 5.74) is 0. The third-order valence-electron chi connectivity index (χ3n) is 8.02. The number of ketones is 1. The number of carbonyl (C=O) groups is 3. The molecule has 1 amide bonds. The molecule has 0 spiro atoms. The van der Waals surface area contributed by atoms with Gasteiger partial charge in [0.25, 0.3) is 0 Å². The summed E-state index contributed by atoms with van der Waals surface area (Å²) >= 11 is 2.48. The fraction of sp³-hybridized carbons (Fsp3) is 0.767. The quantitative estimate of drug-likeness (QED) is 0.172. The average Bonchev–Trinajstić information content (AvgIpc) is 3.52. The molecule has 222 valence electrons. The Kier molecular flexibility index (Phi) is 13.5. The Balaban J connectivity index is 0.000000285. The van der Waals surface area contributed by atoms with Gasteiger partial charge in [0.15, 0.2) is 0 Å². The van der Waals surface area contributed by atoms with Crippen molar-refractivity contribution >= 4 is 40.8 Å². The standard InChI is InChI=1S/C16H36N.C14H15NO5S2/c1-5-9-13-17(14-10-6-2,15-11-7-3)16-12-8-4;1-14(2)10(13(19)20)15-11(18)7(12(15)22-14)9(17)8(16)6-4-3-5-21-6/h5-16H2,1-4H3;3-5,7,9-10,12,17H,1-2H3,(H,19,20)/q+1;/p-1/t;7-,9+,10+,12-/m.1/s1. The zero-order valence-corrected chi connectivity index (χ0v) is 26.5. The highest BCUT2D eigenvalue weighted by molar-refractivity contribution is 8.01. The first-order valence-electron chi connectivity index (χ1n) is 14.8. The van der Waals surface area contributed by atoms with Crippen molar-refractivity contribution in [3.63, 3.8) is 0 Å². The van der Waals surface area contributed by atoms with Crippen LogP contribution in [0.3, 0.4) is 0 Å². The number of aliphatic hydroxyl groups excluding tert-OH is 1. The molecule has 39 heavy (non-hydrogen) atoms. The number of β-lactam (4-membered cyclic amide) rings is 1. The van der Waals surface area contributed by atoms with Crippen LogP contribution in [0.2, 0.25) is 0 Å². The van der Waals surface area contributed by atoms with E-state index in [2.05, 4.69) is 27.7 Å². The number of unbranched alkanes of at least 4 members (excludes halogenated alkanes) is 4. The van der Waals surface area contributed by atoms with E-state index in [0.29, 0.717) is 4.88 Å². The molecule has 0 radical (unpaired) electrons. The number of quaternary nitrogens is 1. The van der Waals surface area contributed by atoms with E-state index in [1.807, 2.05) is 0 Å². The summed E-state index contributed by atoms with van der Waals surface area (Å²) in [7, 11) is 0. The van der Waals surface area contributed by atoms with Gasteiger partial charge in [-0.2, -0.15) is 0 Å². The van der Waals surface area contributed by atoms with Crippen LogP contribution in [0.25, 0.3) is 0 Å². The molecule has 1 aromatic heterocycles. The van der Waals surface area contributed by atoms with Crippen LogP contribution in [0, 0.1) is 5.92 Å². The van der Waals surface area contributed by atoms with Crippen LogP contribution in [0.1, 0.15) is 103 Å². The molecular weight excluding hydrogens is 532 g/mol. The zero-order chi connectivity index (χ0) is 29.2. The second-order valence-corrected chi connectivity index (χ2v) is 14.3. The van der Waals surface area contributed by atoms with Crippen molar-refractivity contribution in [3.05, 3.63) is 22.4 Å². The minimum absolute atomic E-state index is 0.387. The van der Waals surface area contributed by atoms with Crippen LogP contribution in [0.5, 0.6) is 0 Å². The molecule has 2 fully saturated rings. The molecule has 1 aromatic rings. The summed E-state index contributed by atoms with van der Waals surface area (Å²) in [4.78, 5) is 37.4. The number of thioether (sulfide) groups is 1. The minimum atomic E-state index is -1.45. The van der Waals surface area contributed by atoms with Gasteiger partial charge in [-0.3, -0.25) is 9.59 Å². The van der Waals surface area contributed by atoms with Gasteiger partial charge in [-0.25, -0.2) is 0 Å². The number of Topliss-reactive ketones (excluding diaryl/α,β-unsaturated/α-hetero) is 1. The predicted molar refractivity (Wildman–Crippen MR) is 159 cm³/mol. The second-order valence-electron chi connectivity index (χ2n) is 11.5. The lowest BCUT2D eigenvalue weighted by Gasteiger charge is -2.46. The number of fused-ring (bicyclic) bond motifs is 1. The van der Waals surface area contributed by atoms with Crippen LogP contribution < -0.4 is 5.11 Å². The van der Waals surface area contributed by atoms with E-state index in [0.717, 1.165) is 0 Å². The van der Waals surface area contributed by atoms with Gasteiger partial charge in [0, 0.05) is 4.75 Å². The van der Waals surface area contributed by atoms with Crippen molar-refractivity contribution in [1.29, 1.82) is 0 Å². The van der Waals surface area contributed by atoms with Crippen molar-refractivity contribution in [2.75, 3.05) is 26.2 Å². The molecular formula is C30H50N2O5S2. The molecule has 0 bridgehead atoms. The van der Waals surface area contributed by atoms with E-state index in [1.54, 1.807) is 31.4 Å². The monoisotopic (exact) mass is 582 g/mol. The molecule has 3 rings (SSSR count). The van der Waals surface area contributed by atoms with Crippen molar-refractivity contribution in [3.8, 4) is 0 Å². The highest BCUT2D eigenvalue weighted by Gasteiger charge is 2.64. The first kappa shape index (κ1) is 33.8. The Bertz CT molecular complexity index is 883. The maximum atomic E-state index is 12.3. The van der Waals surface area contributed by atoms with Gasteiger partial charge >= 0.3 is 0 Å². The number of carboxylic acid groups (broad SMARTS) is 1. The van der Waals surface area contributed by atoms with E-state index in [9.17, 15) is 24.6 Å². The number of thiophene rings is 1. The van der Waals surface area contributed by atoms with Crippen LogP contribution in [0.4, 0.5) is 0 Å². The Morgan fingerprint density at radius 1 is 1.00 bits per heavy atom. The maximum absolute atomic E-state index is 12.3. The molecule has 2 aliphatic rings. The molecule has 9 heteroatoms. The van der Waals surface area contributed by atoms with Crippen molar-refractivity contribution in [1.82, 2.24) is 4.90 Å². The van der Waals surface area contributed by atoms with Crippen molar-refractivity contribution in [2.24, 2.45) is 5.92 Å². The molecule has 7 nitrogen and oxygen atoms in total. The van der Waals surface area contributed by atoms with E-state index >= 15 is 0 Å². The van der Waals surface area contributed by atoms with Gasteiger partial charge in [0.2, 0.25) is 11.7 Å². The fourth-order valence-electron chi connectivity index (χ4n) is 5.69. The molecule has 3 heterocycles. The summed E-state index contributed by atoms with van der Waals surface area (Å²) in [6.45, 7) is 18.5. The fourth-order valence-corrected chi connectivity index (χ4v) is 8.10. The smallest absolute Gasteiger partial charge is 0.233 e. The summed E-state index contributed by atoms with van der Waals surface area (Å²) in [6.07, 6.45) is 9.61. The number of carboxylic acids is 1.